The molecule has 1 saturated carbocycles. The first kappa shape index (κ1) is 13.0. The van der Waals surface area contributed by atoms with Gasteiger partial charge in [0.25, 0.3) is 0 Å². The van der Waals surface area contributed by atoms with Gasteiger partial charge in [-0.15, -0.1) is 0 Å². The molecular formula is C13H21N3O3. The molecule has 1 aromatic rings. The molecule has 19 heavy (non-hydrogen) atoms. The van der Waals surface area contributed by atoms with Crippen molar-refractivity contribution in [3.63, 3.8) is 0 Å². The molecule has 106 valence electrons. The van der Waals surface area contributed by atoms with Crippen molar-refractivity contribution < 1.29 is 14.4 Å². The summed E-state index contributed by atoms with van der Waals surface area (Å²) in [5.41, 5.74) is -0.353. The minimum Gasteiger partial charge on any atom is -0.392 e. The van der Waals surface area contributed by atoms with E-state index in [2.05, 4.69) is 15.5 Å². The van der Waals surface area contributed by atoms with Crippen LogP contribution in [0.25, 0.3) is 0 Å². The summed E-state index contributed by atoms with van der Waals surface area (Å²) < 4.78 is 11.3. The van der Waals surface area contributed by atoms with E-state index in [4.69, 9.17) is 9.26 Å². The Morgan fingerprint density at radius 2 is 2.26 bits per heavy atom. The van der Waals surface area contributed by atoms with Crippen LogP contribution in [-0.2, 0) is 10.3 Å². The average molecular weight is 267 g/mol. The molecule has 2 heterocycles. The molecule has 1 aliphatic heterocycles. The van der Waals surface area contributed by atoms with Crippen molar-refractivity contribution in [3.05, 3.63) is 11.7 Å². The lowest BCUT2D eigenvalue weighted by molar-refractivity contribution is -0.0469. The van der Waals surface area contributed by atoms with E-state index in [-0.39, 0.29) is 17.7 Å². The second-order valence-corrected chi connectivity index (χ2v) is 5.44. The highest BCUT2D eigenvalue weighted by Gasteiger charge is 2.41. The molecule has 1 saturated heterocycles. The summed E-state index contributed by atoms with van der Waals surface area (Å²) in [5, 5.41) is 16.8. The smallest absolute Gasteiger partial charge is 0.243 e. The molecule has 0 bridgehead atoms. The third kappa shape index (κ3) is 2.40. The molecule has 6 heteroatoms. The van der Waals surface area contributed by atoms with Gasteiger partial charge in [0.2, 0.25) is 11.7 Å². The zero-order chi connectivity index (χ0) is 13.3. The average Bonchev–Trinajstić information content (AvgIpc) is 3.07. The second kappa shape index (κ2) is 5.19. The van der Waals surface area contributed by atoms with Gasteiger partial charge in [0.05, 0.1) is 12.1 Å². The maximum atomic E-state index is 9.54. The molecule has 2 N–H and O–H groups in total. The van der Waals surface area contributed by atoms with Gasteiger partial charge in [-0.2, -0.15) is 4.98 Å². The maximum Gasteiger partial charge on any atom is 0.243 e. The van der Waals surface area contributed by atoms with Crippen LogP contribution >= 0.6 is 0 Å². The Morgan fingerprint density at radius 3 is 2.89 bits per heavy atom. The van der Waals surface area contributed by atoms with E-state index < -0.39 is 0 Å². The highest BCUT2D eigenvalue weighted by Crippen LogP contribution is 2.41. The van der Waals surface area contributed by atoms with Gasteiger partial charge < -0.3 is 19.7 Å². The van der Waals surface area contributed by atoms with E-state index in [1.165, 1.54) is 0 Å². The third-order valence-electron chi connectivity index (χ3n) is 4.09. The fourth-order valence-corrected chi connectivity index (χ4v) is 3.12. The van der Waals surface area contributed by atoms with Crippen molar-refractivity contribution in [3.8, 4) is 0 Å². The van der Waals surface area contributed by atoms with E-state index in [9.17, 15) is 5.11 Å². The highest BCUT2D eigenvalue weighted by molar-refractivity contribution is 5.07. The van der Waals surface area contributed by atoms with Gasteiger partial charge in [-0.05, 0) is 39.0 Å². The first-order chi connectivity index (χ1) is 9.23. The summed E-state index contributed by atoms with van der Waals surface area (Å²) in [6, 6.07) is -0.0312. The second-order valence-electron chi connectivity index (χ2n) is 5.44. The molecule has 0 aromatic carbocycles. The molecule has 1 aromatic heterocycles. The molecule has 2 aliphatic rings. The molecule has 3 rings (SSSR count). The Labute approximate surface area is 112 Å². The summed E-state index contributed by atoms with van der Waals surface area (Å²) >= 11 is 0. The zero-order valence-electron chi connectivity index (χ0n) is 11.3. The van der Waals surface area contributed by atoms with Gasteiger partial charge in [-0.25, -0.2) is 0 Å². The Bertz CT molecular complexity index is 429. The van der Waals surface area contributed by atoms with Crippen LogP contribution in [0.2, 0.25) is 0 Å². The largest absolute Gasteiger partial charge is 0.392 e. The summed E-state index contributed by atoms with van der Waals surface area (Å²) in [6.45, 7) is 3.24. The van der Waals surface area contributed by atoms with E-state index in [0.29, 0.717) is 31.3 Å². The molecule has 2 atom stereocenters. The monoisotopic (exact) mass is 267 g/mol. The Hall–Kier alpha value is -0.980. The summed E-state index contributed by atoms with van der Waals surface area (Å²) in [5.74, 6) is 1.24. The number of β-amino-alcohol motifs (C(OH)–C–C–N with tert-alkyl or cyclic N) is 1. The summed E-state index contributed by atoms with van der Waals surface area (Å²) in [4.78, 5) is 4.52. The lowest BCUT2D eigenvalue weighted by atomic mass is 10.0. The first-order valence-electron chi connectivity index (χ1n) is 7.13. The molecule has 0 radical (unpaired) electrons. The normalized spacial score (nSPS) is 30.0. The van der Waals surface area contributed by atoms with E-state index in [0.717, 1.165) is 25.7 Å². The van der Waals surface area contributed by atoms with Crippen LogP contribution in [0.4, 0.5) is 0 Å². The SMILES string of the molecule is CCOC1(c2noc([C@H]3C[C@H](O)CN3)n2)CCCC1. The van der Waals surface area contributed by atoms with Crippen molar-refractivity contribution in [1.82, 2.24) is 15.5 Å². The van der Waals surface area contributed by atoms with Crippen molar-refractivity contribution in [2.24, 2.45) is 0 Å². The maximum absolute atomic E-state index is 9.54. The van der Waals surface area contributed by atoms with Gasteiger partial charge >= 0.3 is 0 Å². The minimum atomic E-state index is -0.353. The number of aliphatic hydroxyl groups excluding tert-OH is 1. The van der Waals surface area contributed by atoms with Crippen LogP contribution in [0.1, 0.15) is 56.8 Å². The summed E-state index contributed by atoms with van der Waals surface area (Å²) in [6.07, 6.45) is 4.51. The lowest BCUT2D eigenvalue weighted by Gasteiger charge is -2.24. The Balaban J connectivity index is 1.79. The number of hydrogen-bond acceptors (Lipinski definition) is 6. The van der Waals surface area contributed by atoms with Gasteiger partial charge in [-0.1, -0.05) is 5.16 Å². The van der Waals surface area contributed by atoms with Crippen LogP contribution < -0.4 is 5.32 Å². The van der Waals surface area contributed by atoms with Gasteiger partial charge in [0.15, 0.2) is 0 Å². The topological polar surface area (TPSA) is 80.4 Å². The predicted molar refractivity (Wildman–Crippen MR) is 67.4 cm³/mol. The van der Waals surface area contributed by atoms with Crippen LogP contribution in [0.3, 0.4) is 0 Å². The molecule has 0 amide bonds. The molecule has 6 nitrogen and oxygen atoms in total. The van der Waals surface area contributed by atoms with Crippen molar-refractivity contribution in [2.45, 2.75) is 56.8 Å². The molecule has 0 unspecified atom stereocenters. The van der Waals surface area contributed by atoms with E-state index in [1.54, 1.807) is 0 Å². The fourth-order valence-electron chi connectivity index (χ4n) is 3.12. The quantitative estimate of drug-likeness (QED) is 0.855. The van der Waals surface area contributed by atoms with Gasteiger partial charge in [-0.3, -0.25) is 0 Å². The van der Waals surface area contributed by atoms with Crippen molar-refractivity contribution >= 4 is 0 Å². The lowest BCUT2D eigenvalue weighted by Crippen LogP contribution is -2.28. The molecular weight excluding hydrogens is 246 g/mol. The minimum absolute atomic E-state index is 0.0312. The van der Waals surface area contributed by atoms with Crippen LogP contribution in [-0.4, -0.2) is 34.5 Å². The number of nitrogens with one attached hydrogen (secondary N) is 1. The van der Waals surface area contributed by atoms with E-state index in [1.807, 2.05) is 6.92 Å². The van der Waals surface area contributed by atoms with Crippen LogP contribution in [0.15, 0.2) is 4.52 Å². The number of aromatic nitrogens is 2. The van der Waals surface area contributed by atoms with E-state index >= 15 is 0 Å². The van der Waals surface area contributed by atoms with Crippen molar-refractivity contribution in [2.75, 3.05) is 13.2 Å². The van der Waals surface area contributed by atoms with Crippen LogP contribution in [0.5, 0.6) is 0 Å². The number of ether oxygens (including phenoxy) is 1. The number of rotatable bonds is 4. The summed E-state index contributed by atoms with van der Waals surface area (Å²) in [7, 11) is 0. The van der Waals surface area contributed by atoms with Crippen LogP contribution in [0, 0.1) is 0 Å². The first-order valence-corrected chi connectivity index (χ1v) is 7.13. The standard InChI is InChI=1S/C13H21N3O3/c1-2-18-13(5-3-4-6-13)12-15-11(19-16-12)10-7-9(17)8-14-10/h9-10,14,17H,2-8H2,1H3/t9-,10+/m0/s1. The number of nitrogens with zero attached hydrogens (tertiary/aromatic N) is 2. The fraction of sp³-hybridized carbons (Fsp3) is 0.846. The molecule has 1 aliphatic carbocycles. The predicted octanol–water partition coefficient (Wildman–Crippen LogP) is 1.27. The highest BCUT2D eigenvalue weighted by atomic mass is 16.5. The third-order valence-corrected chi connectivity index (χ3v) is 4.09. The Morgan fingerprint density at radius 1 is 1.47 bits per heavy atom. The number of hydrogen-bond donors (Lipinski definition) is 2. The van der Waals surface area contributed by atoms with Gasteiger partial charge in [0.1, 0.15) is 5.60 Å². The molecule has 0 spiro atoms. The van der Waals surface area contributed by atoms with Gasteiger partial charge in [0, 0.05) is 13.2 Å². The van der Waals surface area contributed by atoms with Crippen molar-refractivity contribution in [1.29, 1.82) is 0 Å². The number of aliphatic hydroxyl groups is 1. The zero-order valence-corrected chi connectivity index (χ0v) is 11.3. The Kier molecular flexibility index (Phi) is 3.56. The molecule has 2 fully saturated rings.